The quantitative estimate of drug-likeness (QED) is 0.0138. The molecule has 4 rings (SSSR count). The minimum atomic E-state index is -0.189. The summed E-state index contributed by atoms with van der Waals surface area (Å²) in [6.07, 6.45) is 4.43. The van der Waals surface area contributed by atoms with Crippen molar-refractivity contribution in [2.24, 2.45) is 10.2 Å². The summed E-state index contributed by atoms with van der Waals surface area (Å²) < 4.78 is 14.4. The minimum Gasteiger partial charge on any atom is -0.691 e. The molecule has 0 bridgehead atoms. The van der Waals surface area contributed by atoms with E-state index in [1.165, 1.54) is 6.07 Å². The van der Waals surface area contributed by atoms with Crippen LogP contribution in [-0.4, -0.2) is 39.8 Å². The number of allylic oxidation sites excluding steroid dienone is 1. The van der Waals surface area contributed by atoms with Crippen molar-refractivity contribution in [2.45, 2.75) is 29.1 Å². The fraction of sp³-hybridized carbons (Fsp3) is 0.222. The van der Waals surface area contributed by atoms with Crippen molar-refractivity contribution < 1.29 is 98.2 Å². The van der Waals surface area contributed by atoms with Crippen LogP contribution in [-0.2, 0) is 23.5 Å². The average molecular weight is 737 g/mol. The van der Waals surface area contributed by atoms with E-state index in [1.54, 1.807) is 36.4 Å². The normalized spacial score (nSPS) is 10.9. The molecule has 244 valence electrons. The first-order chi connectivity index (χ1) is 22.4. The van der Waals surface area contributed by atoms with Gasteiger partial charge in [-0.25, -0.2) is 0 Å². The van der Waals surface area contributed by atoms with Crippen LogP contribution in [0.3, 0.4) is 0 Å². The number of hydrogen-bond acceptors (Lipinski definition) is 18. The molecule has 0 aliphatic heterocycles. The number of aromatic nitrogens is 3. The predicted octanol–water partition coefficient (Wildman–Crippen LogP) is -0.621. The van der Waals surface area contributed by atoms with Crippen LogP contribution in [0.5, 0.6) is 5.75 Å². The summed E-state index contributed by atoms with van der Waals surface area (Å²) in [6, 6.07) is 11.0. The van der Waals surface area contributed by atoms with E-state index in [0.717, 1.165) is 19.3 Å². The van der Waals surface area contributed by atoms with Crippen LogP contribution in [0.15, 0.2) is 75.1 Å². The molecule has 4 aromatic rings. The van der Waals surface area contributed by atoms with Crippen molar-refractivity contribution in [2.75, 3.05) is 36.1 Å². The van der Waals surface area contributed by atoms with Crippen molar-refractivity contribution in [3.05, 3.63) is 60.4 Å². The largest absolute Gasteiger partial charge is 1.00 e. The number of benzene rings is 3. The van der Waals surface area contributed by atoms with E-state index < -0.39 is 0 Å². The van der Waals surface area contributed by atoms with Crippen molar-refractivity contribution >= 4 is 81.1 Å². The van der Waals surface area contributed by atoms with Crippen LogP contribution in [0.25, 0.3) is 10.8 Å². The van der Waals surface area contributed by atoms with Gasteiger partial charge in [0, 0.05) is 30.3 Å². The van der Waals surface area contributed by atoms with E-state index in [4.69, 9.17) is 22.1 Å². The fourth-order valence-electron chi connectivity index (χ4n) is 3.94. The number of nitrogens with zero attached hydrogens (tertiary/aromatic N) is 5. The van der Waals surface area contributed by atoms with Gasteiger partial charge in [0.2, 0.25) is 17.2 Å². The number of rotatable bonds is 19. The molecular weight excluding hydrogens is 710 g/mol. The van der Waals surface area contributed by atoms with Gasteiger partial charge < -0.3 is 36.7 Å². The van der Waals surface area contributed by atoms with Gasteiger partial charge in [-0.15, -0.1) is 16.8 Å². The summed E-state index contributed by atoms with van der Waals surface area (Å²) in [7, 11) is 0. The summed E-state index contributed by atoms with van der Waals surface area (Å²) in [5, 5.41) is 53.8. The van der Waals surface area contributed by atoms with E-state index in [-0.39, 0.29) is 99.1 Å². The summed E-state index contributed by atoms with van der Waals surface area (Å²) in [5.74, 6) is 0.230. The molecule has 1 heterocycles. The Morgan fingerprint density at radius 2 is 1.71 bits per heavy atom. The molecule has 0 aliphatic rings. The van der Waals surface area contributed by atoms with Crippen molar-refractivity contribution in [3.8, 4) is 5.75 Å². The Morgan fingerprint density at radius 1 is 0.958 bits per heavy atom. The van der Waals surface area contributed by atoms with E-state index in [2.05, 4.69) is 61.1 Å². The van der Waals surface area contributed by atoms with E-state index in [9.17, 15) is 15.6 Å². The number of ether oxygens (including phenoxy) is 1. The maximum Gasteiger partial charge on any atom is 1.00 e. The van der Waals surface area contributed by atoms with Crippen LogP contribution >= 0.6 is 35.7 Å². The van der Waals surface area contributed by atoms with Crippen molar-refractivity contribution in [3.63, 3.8) is 0 Å². The van der Waals surface area contributed by atoms with Crippen molar-refractivity contribution in [1.29, 1.82) is 0 Å². The molecule has 0 fully saturated rings. The molecule has 0 spiro atoms. The smallest absolute Gasteiger partial charge is 0.691 e. The first-order valence-corrected chi connectivity index (χ1v) is 15.3. The second kappa shape index (κ2) is 22.8. The van der Waals surface area contributed by atoms with Gasteiger partial charge in [-0.3, -0.25) is 10.1 Å². The van der Waals surface area contributed by atoms with Gasteiger partial charge in [-0.2, -0.15) is 23.6 Å². The molecule has 0 atom stereocenters. The number of anilines is 4. The number of nitrogen functional groups attached to an aromatic ring is 1. The molecule has 0 radical (unpaired) electrons. The molecule has 0 amide bonds. The maximum atomic E-state index is 10.7. The molecule has 0 saturated carbocycles. The molecule has 16 nitrogen and oxygen atoms in total. The Morgan fingerprint density at radius 3 is 2.48 bits per heavy atom. The minimum absolute atomic E-state index is 0. The fourth-order valence-corrected chi connectivity index (χ4v) is 5.01. The third-order valence-electron chi connectivity index (χ3n) is 5.91. The van der Waals surface area contributed by atoms with E-state index >= 15 is 0 Å². The van der Waals surface area contributed by atoms with Gasteiger partial charge in [-0.05, 0) is 72.6 Å². The van der Waals surface area contributed by atoms with Crippen LogP contribution in [0.2, 0.25) is 5.28 Å². The average Bonchev–Trinajstić information content (AvgIpc) is 3.04. The number of hydrogen-bond donors (Lipinski definition) is 4. The maximum absolute atomic E-state index is 10.7. The number of halogens is 1. The molecule has 48 heavy (non-hydrogen) atoms. The number of nitrogens with one attached hydrogen (secondary N) is 2. The van der Waals surface area contributed by atoms with Gasteiger partial charge in [0.25, 0.3) is 0 Å². The van der Waals surface area contributed by atoms with Gasteiger partial charge in [0.05, 0.1) is 40.1 Å². The van der Waals surface area contributed by atoms with Crippen LogP contribution in [0.1, 0.15) is 19.3 Å². The topological polar surface area (TPSA) is 226 Å². The number of unbranched alkanes of at least 4 members (excludes halogenated alkanes) is 1. The third-order valence-corrected chi connectivity index (χ3v) is 7.26. The number of phenolic OH excluding ortho intramolecular Hbond substituents is 1. The van der Waals surface area contributed by atoms with Gasteiger partial charge in [0.1, 0.15) is 17.1 Å². The molecule has 21 heteroatoms. The molecule has 0 saturated heterocycles. The third kappa shape index (κ3) is 13.1. The van der Waals surface area contributed by atoms with Crippen molar-refractivity contribution in [1.82, 2.24) is 15.0 Å². The molecule has 0 aliphatic carbocycles. The second-order valence-electron chi connectivity index (χ2n) is 9.07. The Balaban J connectivity index is 0.00000400. The summed E-state index contributed by atoms with van der Waals surface area (Å²) >= 11 is 7.32. The molecular formula is C27H27ClN8Na2O8S2. The van der Waals surface area contributed by atoms with Gasteiger partial charge in [-0.1, -0.05) is 12.1 Å². The molecule has 0 unspecified atom stereocenters. The number of phenols is 1. The standard InChI is InChI=1S/C27H29ClN8O8S2.2Na/c1-2-3-4-11-40-12-5-10-30-26-32-25(28)33-27(34-26)31-17-7-9-20(22(14-17)46-44-42-39)35-36-24-19(29)8-6-16-13-18(45-43-41-38)15-21(37)23(16)24;;/h2,6-9,13-15,37-39H,1,3-5,10-12,29H2,(H2,30,31,32,33,34);;/q;2*+1/p-2. The number of aromatic hydroxyl groups is 1. The SMILES string of the molecule is C=CCCCOCCCNc1nc(Cl)nc(Nc2ccc(N=Nc3c(N)ccc4cc(SOO[O-])cc(O)c34)c(SOO[O-])c2)n1.[Na+].[Na+]. The summed E-state index contributed by atoms with van der Waals surface area (Å²) in [4.78, 5) is 13.3. The first-order valence-electron chi connectivity index (χ1n) is 13.4. The monoisotopic (exact) mass is 736 g/mol. The zero-order valence-corrected chi connectivity index (χ0v) is 32.3. The number of azo groups is 1. The van der Waals surface area contributed by atoms with Gasteiger partial charge in [0.15, 0.2) is 0 Å². The summed E-state index contributed by atoms with van der Waals surface area (Å²) in [6.45, 7) is 5.49. The number of fused-ring (bicyclic) bond motifs is 1. The van der Waals surface area contributed by atoms with Gasteiger partial charge >= 0.3 is 59.1 Å². The Bertz CT molecular complexity index is 1670. The second-order valence-corrected chi connectivity index (χ2v) is 10.9. The zero-order valence-electron chi connectivity index (χ0n) is 25.9. The Labute approximate surface area is 332 Å². The van der Waals surface area contributed by atoms with Crippen LogP contribution < -0.4 is 86.0 Å². The van der Waals surface area contributed by atoms with E-state index in [1.807, 2.05) is 6.08 Å². The molecule has 3 aromatic carbocycles. The predicted molar refractivity (Wildman–Crippen MR) is 168 cm³/mol. The van der Waals surface area contributed by atoms with Crippen LogP contribution in [0.4, 0.5) is 34.6 Å². The Kier molecular flexibility index (Phi) is 20.1. The first kappa shape index (κ1) is 42.3. The zero-order chi connectivity index (χ0) is 32.7. The number of nitrogens with two attached hydrogens (primary N) is 1. The summed E-state index contributed by atoms with van der Waals surface area (Å²) in [5.41, 5.74) is 7.30. The van der Waals surface area contributed by atoms with E-state index in [0.29, 0.717) is 70.1 Å². The Hall–Kier alpha value is -1.82. The molecule has 1 aromatic heterocycles. The molecule has 5 N–H and O–H groups in total. The van der Waals surface area contributed by atoms with Crippen LogP contribution in [0, 0.1) is 0 Å².